The van der Waals surface area contributed by atoms with Crippen molar-refractivity contribution in [3.05, 3.63) is 22.4 Å². The lowest BCUT2D eigenvalue weighted by Gasteiger charge is -2.18. The molecule has 1 aromatic heterocycles. The number of rotatable bonds is 9. The Labute approximate surface area is 113 Å². The maximum Gasteiger partial charge on any atom is 0.0898 e. The summed E-state index contributed by atoms with van der Waals surface area (Å²) in [6.45, 7) is 5.41. The van der Waals surface area contributed by atoms with Gasteiger partial charge in [-0.1, -0.05) is 0 Å². The molecule has 0 saturated carbocycles. The second kappa shape index (κ2) is 8.61. The van der Waals surface area contributed by atoms with E-state index in [1.165, 1.54) is 5.56 Å². The van der Waals surface area contributed by atoms with E-state index < -0.39 is 6.10 Å². The van der Waals surface area contributed by atoms with Crippen LogP contribution in [0.25, 0.3) is 0 Å². The van der Waals surface area contributed by atoms with Crippen LogP contribution in [0.1, 0.15) is 25.5 Å². The summed E-state index contributed by atoms with van der Waals surface area (Å²) in [6, 6.07) is 2.34. The predicted octanol–water partition coefficient (Wildman–Crippen LogP) is 1.81. The summed E-state index contributed by atoms with van der Waals surface area (Å²) in [7, 11) is 1.64. The first-order valence-electron chi connectivity index (χ1n) is 6.17. The Morgan fingerprint density at radius 2 is 2.17 bits per heavy atom. The molecule has 0 aliphatic heterocycles. The van der Waals surface area contributed by atoms with Gasteiger partial charge >= 0.3 is 0 Å². The number of hydrogen-bond acceptors (Lipinski definition) is 5. The van der Waals surface area contributed by atoms with Crippen molar-refractivity contribution >= 4 is 11.3 Å². The van der Waals surface area contributed by atoms with Gasteiger partial charge in [-0.3, -0.25) is 0 Å². The Bertz CT molecular complexity index is 305. The Hall–Kier alpha value is -0.460. The third kappa shape index (κ3) is 5.93. The van der Waals surface area contributed by atoms with Crippen molar-refractivity contribution in [2.45, 2.75) is 32.1 Å². The van der Waals surface area contributed by atoms with Crippen LogP contribution in [0.15, 0.2) is 16.8 Å². The van der Waals surface area contributed by atoms with Crippen molar-refractivity contribution in [1.29, 1.82) is 0 Å². The molecule has 0 aromatic carbocycles. The SMILES string of the molecule is COCC(C)OCC(O)CNC(C)c1ccsc1. The van der Waals surface area contributed by atoms with Crippen molar-refractivity contribution in [3.63, 3.8) is 0 Å². The van der Waals surface area contributed by atoms with Crippen LogP contribution in [-0.2, 0) is 9.47 Å². The number of ether oxygens (including phenoxy) is 2. The highest BCUT2D eigenvalue weighted by atomic mass is 32.1. The fourth-order valence-corrected chi connectivity index (χ4v) is 2.32. The molecule has 0 saturated heterocycles. The Kier molecular flexibility index (Phi) is 7.46. The molecular formula is C13H23NO3S. The second-order valence-corrected chi connectivity index (χ2v) is 5.22. The van der Waals surface area contributed by atoms with Crippen LogP contribution < -0.4 is 5.32 Å². The number of nitrogens with one attached hydrogen (secondary N) is 1. The number of aliphatic hydroxyl groups is 1. The van der Waals surface area contributed by atoms with E-state index in [4.69, 9.17) is 9.47 Å². The highest BCUT2D eigenvalue weighted by Crippen LogP contribution is 2.15. The Morgan fingerprint density at radius 3 is 2.78 bits per heavy atom. The summed E-state index contributed by atoms with van der Waals surface area (Å²) < 4.78 is 10.4. The minimum absolute atomic E-state index is 0.0129. The first-order chi connectivity index (χ1) is 8.63. The van der Waals surface area contributed by atoms with Gasteiger partial charge < -0.3 is 19.9 Å². The van der Waals surface area contributed by atoms with Crippen molar-refractivity contribution < 1.29 is 14.6 Å². The number of hydrogen-bond donors (Lipinski definition) is 2. The topological polar surface area (TPSA) is 50.7 Å². The number of methoxy groups -OCH3 is 1. The minimum Gasteiger partial charge on any atom is -0.389 e. The molecule has 0 aliphatic rings. The van der Waals surface area contributed by atoms with E-state index in [-0.39, 0.29) is 12.1 Å². The molecule has 1 heterocycles. The average Bonchev–Trinajstić information content (AvgIpc) is 2.87. The van der Waals surface area contributed by atoms with Crippen molar-refractivity contribution in [3.8, 4) is 0 Å². The molecule has 2 N–H and O–H groups in total. The molecule has 3 unspecified atom stereocenters. The molecule has 3 atom stereocenters. The molecule has 0 spiro atoms. The molecule has 4 nitrogen and oxygen atoms in total. The molecule has 1 aromatic rings. The largest absolute Gasteiger partial charge is 0.389 e. The van der Waals surface area contributed by atoms with Gasteiger partial charge in [0.05, 0.1) is 25.4 Å². The lowest BCUT2D eigenvalue weighted by atomic mass is 10.2. The van der Waals surface area contributed by atoms with Crippen LogP contribution >= 0.6 is 11.3 Å². The van der Waals surface area contributed by atoms with Gasteiger partial charge in [0, 0.05) is 19.7 Å². The Morgan fingerprint density at radius 1 is 1.39 bits per heavy atom. The lowest BCUT2D eigenvalue weighted by molar-refractivity contribution is -0.0315. The zero-order chi connectivity index (χ0) is 13.4. The van der Waals surface area contributed by atoms with Gasteiger partial charge in [-0.05, 0) is 36.2 Å². The third-order valence-electron chi connectivity index (χ3n) is 2.68. The first-order valence-corrected chi connectivity index (χ1v) is 7.11. The van der Waals surface area contributed by atoms with Gasteiger partial charge in [0.15, 0.2) is 0 Å². The summed E-state index contributed by atoms with van der Waals surface area (Å²) in [5.74, 6) is 0. The molecule has 0 fully saturated rings. The molecule has 5 heteroatoms. The fourth-order valence-electron chi connectivity index (χ4n) is 1.57. The quantitative estimate of drug-likeness (QED) is 0.720. The van der Waals surface area contributed by atoms with Gasteiger partial charge in [-0.15, -0.1) is 0 Å². The van der Waals surface area contributed by atoms with Gasteiger partial charge in [-0.2, -0.15) is 11.3 Å². The highest BCUT2D eigenvalue weighted by Gasteiger charge is 2.10. The standard InChI is InChI=1S/C13H23NO3S/c1-10(7-16-3)17-8-13(15)6-14-11(2)12-4-5-18-9-12/h4-5,9-11,13-15H,6-8H2,1-3H3. The van der Waals surface area contributed by atoms with Gasteiger partial charge in [0.25, 0.3) is 0 Å². The molecule has 1 rings (SSSR count). The van der Waals surface area contributed by atoms with E-state index in [1.54, 1.807) is 18.4 Å². The molecule has 18 heavy (non-hydrogen) atoms. The second-order valence-electron chi connectivity index (χ2n) is 4.44. The number of thiophene rings is 1. The van der Waals surface area contributed by atoms with Crippen molar-refractivity contribution in [2.75, 3.05) is 26.9 Å². The summed E-state index contributed by atoms with van der Waals surface area (Å²) in [5, 5.41) is 17.2. The van der Waals surface area contributed by atoms with Crippen LogP contribution in [0.3, 0.4) is 0 Å². The highest BCUT2D eigenvalue weighted by molar-refractivity contribution is 7.07. The van der Waals surface area contributed by atoms with E-state index in [0.717, 1.165) is 0 Å². The van der Waals surface area contributed by atoms with Crippen molar-refractivity contribution in [2.24, 2.45) is 0 Å². The summed E-state index contributed by atoms with van der Waals surface area (Å²) >= 11 is 1.68. The normalized spacial score (nSPS) is 16.4. The third-order valence-corrected chi connectivity index (χ3v) is 3.38. The molecule has 0 aliphatic carbocycles. The monoisotopic (exact) mass is 273 g/mol. The van der Waals surface area contributed by atoms with Crippen molar-refractivity contribution in [1.82, 2.24) is 5.32 Å². The van der Waals surface area contributed by atoms with Gasteiger partial charge in [0.2, 0.25) is 0 Å². The maximum absolute atomic E-state index is 9.79. The van der Waals surface area contributed by atoms with Gasteiger partial charge in [-0.25, -0.2) is 0 Å². The van der Waals surface area contributed by atoms with Crippen LogP contribution in [0, 0.1) is 0 Å². The summed E-state index contributed by atoms with van der Waals surface area (Å²) in [4.78, 5) is 0. The van der Waals surface area contributed by atoms with Crippen LogP contribution in [0.5, 0.6) is 0 Å². The lowest BCUT2D eigenvalue weighted by Crippen LogP contribution is -2.33. The van der Waals surface area contributed by atoms with Crippen LogP contribution in [0.4, 0.5) is 0 Å². The predicted molar refractivity (Wildman–Crippen MR) is 74.0 cm³/mol. The van der Waals surface area contributed by atoms with E-state index >= 15 is 0 Å². The summed E-state index contributed by atoms with van der Waals surface area (Å²) in [6.07, 6.45) is -0.482. The van der Waals surface area contributed by atoms with E-state index in [9.17, 15) is 5.11 Å². The van der Waals surface area contributed by atoms with Crippen LogP contribution in [0.2, 0.25) is 0 Å². The first kappa shape index (κ1) is 15.6. The van der Waals surface area contributed by atoms with E-state index in [0.29, 0.717) is 19.8 Å². The molecular weight excluding hydrogens is 250 g/mol. The molecule has 104 valence electrons. The summed E-state index contributed by atoms with van der Waals surface area (Å²) in [5.41, 5.74) is 1.25. The fraction of sp³-hybridized carbons (Fsp3) is 0.692. The zero-order valence-corrected chi connectivity index (χ0v) is 12.1. The maximum atomic E-state index is 9.79. The van der Waals surface area contributed by atoms with Gasteiger partial charge in [0.1, 0.15) is 0 Å². The molecule has 0 amide bonds. The minimum atomic E-state index is -0.495. The van der Waals surface area contributed by atoms with E-state index in [1.807, 2.05) is 6.92 Å². The Balaban J connectivity index is 2.15. The molecule has 0 radical (unpaired) electrons. The average molecular weight is 273 g/mol. The van der Waals surface area contributed by atoms with Crippen LogP contribution in [-0.4, -0.2) is 44.2 Å². The number of aliphatic hydroxyl groups excluding tert-OH is 1. The smallest absolute Gasteiger partial charge is 0.0898 e. The zero-order valence-electron chi connectivity index (χ0n) is 11.3. The van der Waals surface area contributed by atoms with E-state index in [2.05, 4.69) is 29.1 Å². The molecule has 0 bridgehead atoms.